The molecule has 0 spiro atoms. The van der Waals surface area contributed by atoms with Gasteiger partial charge in [0.2, 0.25) is 0 Å². The number of para-hydroxylation sites is 1. The molecule has 0 fully saturated rings. The number of carbonyl (C=O) groups is 3. The molecule has 2 aromatic carbocycles. The average molecular weight is 577 g/mol. The lowest BCUT2D eigenvalue weighted by atomic mass is 9.99. The van der Waals surface area contributed by atoms with Gasteiger partial charge in [-0.05, 0) is 48.9 Å². The Hall–Kier alpha value is -4.64. The highest BCUT2D eigenvalue weighted by Gasteiger charge is 2.35. The Morgan fingerprint density at radius 2 is 1.88 bits per heavy atom. The molecule has 1 aliphatic rings. The molecule has 0 bridgehead atoms. The van der Waals surface area contributed by atoms with Crippen molar-refractivity contribution >= 4 is 23.6 Å². The number of anilines is 1. The highest BCUT2D eigenvalue weighted by molar-refractivity contribution is 6.07. The number of benzene rings is 2. The van der Waals surface area contributed by atoms with E-state index in [1.807, 2.05) is 38.1 Å². The van der Waals surface area contributed by atoms with Crippen LogP contribution < -0.4 is 14.8 Å². The third kappa shape index (κ3) is 7.35. The molecule has 11 nitrogen and oxygen atoms in total. The number of likely N-dealkylation sites (N-methyl/N-ethyl adjacent to an activating group) is 1. The normalized spacial score (nSPS) is 17.2. The minimum Gasteiger partial charge on any atom is -0.497 e. The van der Waals surface area contributed by atoms with Crippen LogP contribution in [0, 0.1) is 5.92 Å². The standard InChI is InChI=1S/C31H36N4O7/c1-20-16-35(21(2)18-41-19-22-8-10-24(40-4)11-9-22)30(37)25-6-5-7-26(33-29(36)23-12-14-32-15-13-23)28(25)42-27(20)17-34(3)31(38)39/h5-15,20-21,27H,16-19H2,1-4H3,(H,33,36)(H,38,39)/t20-,21?,27+/m1/s1. The minimum atomic E-state index is -1.10. The third-order valence-electron chi connectivity index (χ3n) is 7.18. The van der Waals surface area contributed by atoms with Crippen molar-refractivity contribution in [1.82, 2.24) is 14.8 Å². The quantitative estimate of drug-likeness (QED) is 0.363. The molecule has 0 aliphatic carbocycles. The van der Waals surface area contributed by atoms with E-state index in [0.717, 1.165) is 16.2 Å². The molecule has 0 saturated carbocycles. The molecular weight excluding hydrogens is 540 g/mol. The second kappa shape index (κ2) is 13.8. The number of carboxylic acid groups (broad SMARTS) is 1. The number of aromatic nitrogens is 1. The van der Waals surface area contributed by atoms with Crippen molar-refractivity contribution < 1.29 is 33.7 Å². The van der Waals surface area contributed by atoms with Gasteiger partial charge in [0.25, 0.3) is 11.8 Å². The lowest BCUT2D eigenvalue weighted by Crippen LogP contribution is -2.50. The summed E-state index contributed by atoms with van der Waals surface area (Å²) in [5, 5.41) is 12.4. The van der Waals surface area contributed by atoms with Crippen LogP contribution in [0.4, 0.5) is 10.5 Å². The van der Waals surface area contributed by atoms with Crippen molar-refractivity contribution in [2.24, 2.45) is 5.92 Å². The lowest BCUT2D eigenvalue weighted by Gasteiger charge is -2.38. The molecule has 2 N–H and O–H groups in total. The largest absolute Gasteiger partial charge is 0.497 e. The average Bonchev–Trinajstić information content (AvgIpc) is 2.99. The van der Waals surface area contributed by atoms with E-state index >= 15 is 0 Å². The topological polar surface area (TPSA) is 131 Å². The molecule has 1 aromatic heterocycles. The van der Waals surface area contributed by atoms with Gasteiger partial charge in [-0.2, -0.15) is 0 Å². The molecule has 1 aliphatic heterocycles. The summed E-state index contributed by atoms with van der Waals surface area (Å²) in [5.74, 6) is 0.0249. The molecule has 3 atom stereocenters. The van der Waals surface area contributed by atoms with Crippen LogP contribution in [-0.2, 0) is 11.3 Å². The summed E-state index contributed by atoms with van der Waals surface area (Å²) in [5.41, 5.74) is 1.93. The van der Waals surface area contributed by atoms with Crippen LogP contribution in [0.5, 0.6) is 11.5 Å². The van der Waals surface area contributed by atoms with Gasteiger partial charge >= 0.3 is 6.09 Å². The van der Waals surface area contributed by atoms with Crippen LogP contribution in [0.1, 0.15) is 40.1 Å². The maximum Gasteiger partial charge on any atom is 0.407 e. The predicted octanol–water partition coefficient (Wildman–Crippen LogP) is 4.40. The zero-order valence-electron chi connectivity index (χ0n) is 24.1. The van der Waals surface area contributed by atoms with Crippen LogP contribution in [0.3, 0.4) is 0 Å². The molecule has 4 rings (SSSR count). The molecule has 0 radical (unpaired) electrons. The third-order valence-corrected chi connectivity index (χ3v) is 7.18. The maximum atomic E-state index is 14.0. The van der Waals surface area contributed by atoms with Crippen LogP contribution in [0.25, 0.3) is 0 Å². The number of nitrogens with zero attached hydrogens (tertiary/aromatic N) is 3. The van der Waals surface area contributed by atoms with Crippen molar-refractivity contribution in [3.63, 3.8) is 0 Å². The van der Waals surface area contributed by atoms with Crippen molar-refractivity contribution in [2.75, 3.05) is 39.2 Å². The van der Waals surface area contributed by atoms with E-state index < -0.39 is 18.1 Å². The van der Waals surface area contributed by atoms with E-state index in [2.05, 4.69) is 10.3 Å². The minimum absolute atomic E-state index is 0.0625. The van der Waals surface area contributed by atoms with Crippen molar-refractivity contribution in [1.29, 1.82) is 0 Å². The summed E-state index contributed by atoms with van der Waals surface area (Å²) in [6.07, 6.45) is 1.33. The Bertz CT molecular complexity index is 1380. The maximum absolute atomic E-state index is 14.0. The van der Waals surface area contributed by atoms with Gasteiger partial charge < -0.3 is 34.4 Å². The van der Waals surface area contributed by atoms with Crippen LogP contribution in [0.2, 0.25) is 0 Å². The Morgan fingerprint density at radius 1 is 1.17 bits per heavy atom. The molecule has 222 valence electrons. The SMILES string of the molecule is COc1ccc(COCC(C)N2C[C@@H](C)[C@H](CN(C)C(=O)O)Oc3c(NC(=O)c4ccncc4)cccc3C2=O)cc1. The Labute approximate surface area is 245 Å². The monoisotopic (exact) mass is 576 g/mol. The molecular formula is C31H36N4O7. The molecule has 1 unspecified atom stereocenters. The van der Waals surface area contributed by atoms with Gasteiger partial charge in [-0.1, -0.05) is 25.1 Å². The highest BCUT2D eigenvalue weighted by atomic mass is 16.5. The van der Waals surface area contributed by atoms with Gasteiger partial charge in [0.1, 0.15) is 11.9 Å². The number of rotatable bonds is 10. The van der Waals surface area contributed by atoms with E-state index in [4.69, 9.17) is 14.2 Å². The van der Waals surface area contributed by atoms with E-state index in [1.54, 1.807) is 42.3 Å². The molecule has 42 heavy (non-hydrogen) atoms. The fourth-order valence-electron chi connectivity index (χ4n) is 4.67. The zero-order chi connectivity index (χ0) is 30.2. The van der Waals surface area contributed by atoms with Gasteiger partial charge in [0.15, 0.2) is 5.75 Å². The summed E-state index contributed by atoms with van der Waals surface area (Å²) >= 11 is 0. The van der Waals surface area contributed by atoms with Crippen LogP contribution >= 0.6 is 0 Å². The first kappa shape index (κ1) is 30.3. The number of hydrogen-bond donors (Lipinski definition) is 2. The van der Waals surface area contributed by atoms with Crippen molar-refractivity contribution in [3.05, 3.63) is 83.7 Å². The number of ether oxygens (including phenoxy) is 3. The first-order valence-electron chi connectivity index (χ1n) is 13.6. The highest BCUT2D eigenvalue weighted by Crippen LogP contribution is 2.35. The Balaban J connectivity index is 1.60. The lowest BCUT2D eigenvalue weighted by molar-refractivity contribution is 0.0211. The number of pyridine rings is 1. The van der Waals surface area contributed by atoms with Crippen molar-refractivity contribution in [2.45, 2.75) is 32.6 Å². The van der Waals surface area contributed by atoms with Crippen molar-refractivity contribution in [3.8, 4) is 11.5 Å². The molecule has 11 heteroatoms. The number of carbonyl (C=O) groups excluding carboxylic acids is 2. The number of methoxy groups -OCH3 is 1. The first-order chi connectivity index (χ1) is 20.2. The fraction of sp³-hybridized carbons (Fsp3) is 0.355. The first-order valence-corrected chi connectivity index (χ1v) is 13.6. The van der Waals surface area contributed by atoms with E-state index in [-0.39, 0.29) is 42.3 Å². The van der Waals surface area contributed by atoms with Gasteiger partial charge in [-0.3, -0.25) is 14.6 Å². The second-order valence-corrected chi connectivity index (χ2v) is 10.3. The van der Waals surface area contributed by atoms with Crippen LogP contribution in [0.15, 0.2) is 67.0 Å². The summed E-state index contributed by atoms with van der Waals surface area (Å²) in [7, 11) is 3.08. The summed E-state index contributed by atoms with van der Waals surface area (Å²) in [6, 6.07) is 15.4. The van der Waals surface area contributed by atoms with Gasteiger partial charge in [0, 0.05) is 37.5 Å². The number of amides is 3. The smallest absolute Gasteiger partial charge is 0.407 e. The van der Waals surface area contributed by atoms with Gasteiger partial charge in [0.05, 0.1) is 44.2 Å². The van der Waals surface area contributed by atoms with Gasteiger partial charge in [-0.15, -0.1) is 0 Å². The van der Waals surface area contributed by atoms with Gasteiger partial charge in [-0.25, -0.2) is 4.79 Å². The summed E-state index contributed by atoms with van der Waals surface area (Å²) in [6.45, 7) is 4.84. The molecule has 3 aromatic rings. The number of nitrogens with one attached hydrogen (secondary N) is 1. The summed E-state index contributed by atoms with van der Waals surface area (Å²) < 4.78 is 17.6. The fourth-order valence-corrected chi connectivity index (χ4v) is 4.67. The zero-order valence-corrected chi connectivity index (χ0v) is 24.1. The van der Waals surface area contributed by atoms with Crippen LogP contribution in [-0.4, -0.2) is 83.8 Å². The Kier molecular flexibility index (Phi) is 9.98. The Morgan fingerprint density at radius 3 is 2.55 bits per heavy atom. The molecule has 0 saturated heterocycles. The number of fused-ring (bicyclic) bond motifs is 1. The summed E-state index contributed by atoms with van der Waals surface area (Å²) in [4.78, 5) is 45.4. The van der Waals surface area contributed by atoms with E-state index in [0.29, 0.717) is 24.4 Å². The van der Waals surface area contributed by atoms with E-state index in [9.17, 15) is 19.5 Å². The molecule has 2 heterocycles. The van der Waals surface area contributed by atoms with E-state index in [1.165, 1.54) is 19.4 Å². The second-order valence-electron chi connectivity index (χ2n) is 10.3. The predicted molar refractivity (Wildman–Crippen MR) is 156 cm³/mol. The molecule has 3 amide bonds. The number of hydrogen-bond acceptors (Lipinski definition) is 7.